The topological polar surface area (TPSA) is 35.2 Å². The summed E-state index contributed by atoms with van der Waals surface area (Å²) in [5.41, 5.74) is 8.28. The van der Waals surface area contributed by atoms with Gasteiger partial charge in [-0.25, -0.2) is 0 Å². The van der Waals surface area contributed by atoms with E-state index in [1.165, 1.54) is 24.0 Å². The molecule has 1 unspecified atom stereocenters. The Hall–Kier alpha value is -0.440. The summed E-state index contributed by atoms with van der Waals surface area (Å²) in [6.45, 7) is 9.38. The van der Waals surface area contributed by atoms with Crippen LogP contribution in [-0.2, 0) is 11.8 Å². The number of hydrogen-bond donors (Lipinski definition) is 1. The largest absolute Gasteiger partial charge is 0.491 e. The molecule has 1 fully saturated rings. The molecule has 2 N–H and O–H groups in total. The van der Waals surface area contributed by atoms with Gasteiger partial charge in [0.05, 0.1) is 11.6 Å². The number of nitrogens with two attached hydrogens (primary N) is 1. The second kappa shape index (κ2) is 7.21. The van der Waals surface area contributed by atoms with Crippen LogP contribution in [-0.4, -0.2) is 12.6 Å². The monoisotopic (exact) mass is 331 g/mol. The quantitative estimate of drug-likeness (QED) is 0.845. The molecule has 2 rings (SSSR count). The molecule has 0 aromatic heterocycles. The summed E-state index contributed by atoms with van der Waals surface area (Å²) in [4.78, 5) is 0. The number of halogens is 2. The third-order valence-electron chi connectivity index (χ3n) is 3.63. The Morgan fingerprint density at radius 3 is 2.43 bits per heavy atom. The number of ether oxygens (including phenoxy) is 1. The van der Waals surface area contributed by atoms with E-state index in [1.54, 1.807) is 0 Å². The van der Waals surface area contributed by atoms with Crippen LogP contribution in [0.15, 0.2) is 12.1 Å². The van der Waals surface area contributed by atoms with E-state index in [-0.39, 0.29) is 23.9 Å². The molecule has 1 saturated carbocycles. The summed E-state index contributed by atoms with van der Waals surface area (Å²) in [6.07, 6.45) is 3.40. The molecule has 0 heterocycles. The molecule has 4 heteroatoms. The lowest BCUT2D eigenvalue weighted by Gasteiger charge is -2.25. The minimum atomic E-state index is 0. The highest BCUT2D eigenvalue weighted by molar-refractivity contribution is 6.32. The van der Waals surface area contributed by atoms with Gasteiger partial charge in [0.2, 0.25) is 0 Å². The normalized spacial score (nSPS) is 16.3. The van der Waals surface area contributed by atoms with E-state index < -0.39 is 0 Å². The second-order valence-corrected chi connectivity index (χ2v) is 7.55. The molecule has 1 aromatic rings. The van der Waals surface area contributed by atoms with Gasteiger partial charge >= 0.3 is 0 Å². The highest BCUT2D eigenvalue weighted by Crippen LogP contribution is 2.39. The molecule has 0 radical (unpaired) electrons. The van der Waals surface area contributed by atoms with Gasteiger partial charge in [-0.2, -0.15) is 0 Å². The second-order valence-electron chi connectivity index (χ2n) is 7.14. The molecule has 0 bridgehead atoms. The summed E-state index contributed by atoms with van der Waals surface area (Å²) in [6, 6.07) is 4.34. The van der Waals surface area contributed by atoms with Crippen molar-refractivity contribution in [1.82, 2.24) is 0 Å². The van der Waals surface area contributed by atoms with Gasteiger partial charge < -0.3 is 10.5 Å². The molecule has 120 valence electrons. The Balaban J connectivity index is 0.00000220. The van der Waals surface area contributed by atoms with Crippen LogP contribution in [0.1, 0.15) is 51.7 Å². The minimum Gasteiger partial charge on any atom is -0.491 e. The number of hydrogen-bond acceptors (Lipinski definition) is 2. The van der Waals surface area contributed by atoms with Crippen LogP contribution >= 0.6 is 24.0 Å². The zero-order chi connectivity index (χ0) is 14.9. The predicted octanol–water partition coefficient (Wildman–Crippen LogP) is 4.74. The van der Waals surface area contributed by atoms with Crippen molar-refractivity contribution in [2.24, 2.45) is 11.7 Å². The fraction of sp³-hybridized carbons (Fsp3) is 0.647. The fourth-order valence-electron chi connectivity index (χ4n) is 2.33. The number of rotatable bonds is 5. The Labute approximate surface area is 139 Å². The first-order chi connectivity index (χ1) is 9.27. The first-order valence-corrected chi connectivity index (χ1v) is 7.86. The van der Waals surface area contributed by atoms with Gasteiger partial charge in [-0.1, -0.05) is 38.4 Å². The molecule has 21 heavy (non-hydrogen) atoms. The van der Waals surface area contributed by atoms with E-state index in [9.17, 15) is 0 Å². The van der Waals surface area contributed by atoms with E-state index in [0.29, 0.717) is 5.02 Å². The average Bonchev–Trinajstić information content (AvgIpc) is 3.08. The minimum absolute atomic E-state index is 0. The first-order valence-electron chi connectivity index (χ1n) is 7.48. The molecule has 1 aromatic carbocycles. The smallest absolute Gasteiger partial charge is 0.141 e. The zero-order valence-corrected chi connectivity index (χ0v) is 15.0. The zero-order valence-electron chi connectivity index (χ0n) is 13.4. The molecule has 0 saturated heterocycles. The molecule has 1 aliphatic carbocycles. The van der Waals surface area contributed by atoms with Gasteiger partial charge in [0.15, 0.2) is 0 Å². The van der Waals surface area contributed by atoms with Crippen molar-refractivity contribution in [3.63, 3.8) is 0 Å². The molecular weight excluding hydrogens is 305 g/mol. The van der Waals surface area contributed by atoms with Crippen molar-refractivity contribution in [3.8, 4) is 5.75 Å². The van der Waals surface area contributed by atoms with Crippen molar-refractivity contribution in [1.29, 1.82) is 0 Å². The van der Waals surface area contributed by atoms with Crippen LogP contribution in [0.25, 0.3) is 0 Å². The molecule has 0 spiro atoms. The molecule has 1 atom stereocenters. The van der Waals surface area contributed by atoms with E-state index in [0.717, 1.165) is 24.7 Å². The Morgan fingerprint density at radius 2 is 1.95 bits per heavy atom. The summed E-state index contributed by atoms with van der Waals surface area (Å²) in [5.74, 6) is 1.59. The van der Waals surface area contributed by atoms with Gasteiger partial charge in [0.1, 0.15) is 5.75 Å². The first kappa shape index (κ1) is 18.6. The van der Waals surface area contributed by atoms with Crippen LogP contribution in [0.3, 0.4) is 0 Å². The maximum Gasteiger partial charge on any atom is 0.141 e. The molecule has 0 amide bonds. The van der Waals surface area contributed by atoms with Crippen molar-refractivity contribution < 1.29 is 4.74 Å². The van der Waals surface area contributed by atoms with E-state index in [4.69, 9.17) is 22.1 Å². The van der Waals surface area contributed by atoms with Gasteiger partial charge in [0, 0.05) is 11.6 Å². The van der Waals surface area contributed by atoms with Crippen molar-refractivity contribution in [3.05, 3.63) is 28.3 Å². The van der Waals surface area contributed by atoms with Crippen LogP contribution in [0.4, 0.5) is 0 Å². The maximum absolute atomic E-state index is 6.46. The Morgan fingerprint density at radius 1 is 1.33 bits per heavy atom. The molecule has 1 aliphatic rings. The Kier molecular flexibility index (Phi) is 6.39. The summed E-state index contributed by atoms with van der Waals surface area (Å²) in [5, 5.41) is 0.716. The van der Waals surface area contributed by atoms with Gasteiger partial charge in [0.25, 0.3) is 0 Å². The van der Waals surface area contributed by atoms with Gasteiger partial charge in [-0.3, -0.25) is 0 Å². The third-order valence-corrected chi connectivity index (χ3v) is 3.91. The summed E-state index contributed by atoms with van der Waals surface area (Å²) >= 11 is 6.46. The summed E-state index contributed by atoms with van der Waals surface area (Å²) < 4.78 is 6.02. The lowest BCUT2D eigenvalue weighted by Crippen LogP contribution is -2.19. The lowest BCUT2D eigenvalue weighted by molar-refractivity contribution is 0.292. The van der Waals surface area contributed by atoms with Gasteiger partial charge in [-0.05, 0) is 49.1 Å². The average molecular weight is 332 g/mol. The third kappa shape index (κ3) is 5.36. The van der Waals surface area contributed by atoms with E-state index >= 15 is 0 Å². The lowest BCUT2D eigenvalue weighted by atomic mass is 9.84. The van der Waals surface area contributed by atoms with Crippen LogP contribution in [0, 0.1) is 5.92 Å². The van der Waals surface area contributed by atoms with Crippen LogP contribution < -0.4 is 10.5 Å². The Bertz CT molecular complexity index is 476. The van der Waals surface area contributed by atoms with E-state index in [2.05, 4.69) is 26.8 Å². The standard InChI is InChI=1S/C17H26ClNO.ClH/c1-11(19)7-13-8-14(17(2,3)4)16(15(18)9-13)20-10-12-5-6-12;/h8-9,11-12H,5-7,10,19H2,1-4H3;1H. The fourth-order valence-corrected chi connectivity index (χ4v) is 2.63. The van der Waals surface area contributed by atoms with Crippen LogP contribution in [0.5, 0.6) is 5.75 Å². The summed E-state index contributed by atoms with van der Waals surface area (Å²) in [7, 11) is 0. The number of benzene rings is 1. The van der Waals surface area contributed by atoms with Crippen molar-refractivity contribution in [2.45, 2.75) is 58.4 Å². The molecule has 2 nitrogen and oxygen atoms in total. The van der Waals surface area contributed by atoms with Gasteiger partial charge in [-0.15, -0.1) is 12.4 Å². The van der Waals surface area contributed by atoms with Crippen LogP contribution in [0.2, 0.25) is 5.02 Å². The molecule has 0 aliphatic heterocycles. The predicted molar refractivity (Wildman–Crippen MR) is 93.0 cm³/mol. The SMILES string of the molecule is CC(N)Cc1cc(Cl)c(OCC2CC2)c(C(C)(C)C)c1.Cl. The maximum atomic E-state index is 6.46. The van der Waals surface area contributed by atoms with E-state index in [1.807, 2.05) is 13.0 Å². The molecular formula is C17H27Cl2NO. The highest BCUT2D eigenvalue weighted by Gasteiger charge is 2.26. The van der Waals surface area contributed by atoms with Crippen molar-refractivity contribution in [2.75, 3.05) is 6.61 Å². The van der Waals surface area contributed by atoms with Crippen molar-refractivity contribution >= 4 is 24.0 Å². The highest BCUT2D eigenvalue weighted by atomic mass is 35.5.